The molecule has 0 fully saturated rings. The van der Waals surface area contributed by atoms with Crippen LogP contribution >= 0.6 is 23.2 Å². The Morgan fingerprint density at radius 3 is 2.52 bits per heavy atom. The van der Waals surface area contributed by atoms with E-state index in [9.17, 15) is 4.79 Å². The standard InChI is InChI=1S/C24H16Cl2N2O/c25-18-7-4-16(5-8-18)6-11-24(29)17-2-1-3-20(14-17)28-22-12-13-27-23-15-19(26)9-10-21(22)23/h1-15H,(H,27,28)/b11-6+. The summed E-state index contributed by atoms with van der Waals surface area (Å²) in [6.45, 7) is 0. The van der Waals surface area contributed by atoms with Crippen LogP contribution < -0.4 is 5.32 Å². The van der Waals surface area contributed by atoms with E-state index < -0.39 is 0 Å². The Balaban J connectivity index is 1.56. The first kappa shape index (κ1) is 19.2. The van der Waals surface area contributed by atoms with Crippen molar-refractivity contribution in [3.8, 4) is 0 Å². The molecule has 4 aromatic rings. The Labute approximate surface area is 178 Å². The highest BCUT2D eigenvalue weighted by molar-refractivity contribution is 6.31. The first-order valence-electron chi connectivity index (χ1n) is 8.98. The van der Waals surface area contributed by atoms with Gasteiger partial charge in [0.2, 0.25) is 0 Å². The lowest BCUT2D eigenvalue weighted by molar-refractivity contribution is 0.104. The summed E-state index contributed by atoms with van der Waals surface area (Å²) in [5, 5.41) is 5.63. The number of hydrogen-bond acceptors (Lipinski definition) is 3. The fourth-order valence-corrected chi connectivity index (χ4v) is 3.27. The molecule has 3 aromatic carbocycles. The maximum atomic E-state index is 12.6. The lowest BCUT2D eigenvalue weighted by Crippen LogP contribution is -1.97. The van der Waals surface area contributed by atoms with Gasteiger partial charge in [0.05, 0.1) is 5.52 Å². The van der Waals surface area contributed by atoms with Crippen molar-refractivity contribution in [3.05, 3.63) is 106 Å². The number of pyridine rings is 1. The van der Waals surface area contributed by atoms with E-state index in [0.717, 1.165) is 27.8 Å². The number of nitrogens with one attached hydrogen (secondary N) is 1. The number of anilines is 2. The van der Waals surface area contributed by atoms with Gasteiger partial charge in [-0.3, -0.25) is 9.78 Å². The van der Waals surface area contributed by atoms with Crippen LogP contribution in [0.25, 0.3) is 17.0 Å². The summed E-state index contributed by atoms with van der Waals surface area (Å²) in [5.74, 6) is -0.0741. The smallest absolute Gasteiger partial charge is 0.185 e. The first-order chi connectivity index (χ1) is 14.1. The fourth-order valence-electron chi connectivity index (χ4n) is 2.98. The van der Waals surface area contributed by atoms with Gasteiger partial charge in [-0.1, -0.05) is 53.5 Å². The Kier molecular flexibility index (Phi) is 5.61. The van der Waals surface area contributed by atoms with E-state index in [1.807, 2.05) is 54.6 Å². The maximum absolute atomic E-state index is 12.6. The van der Waals surface area contributed by atoms with Crippen molar-refractivity contribution in [1.82, 2.24) is 4.98 Å². The molecule has 0 bridgehead atoms. The van der Waals surface area contributed by atoms with Crippen LogP contribution in [0.5, 0.6) is 0 Å². The molecule has 0 unspecified atom stereocenters. The molecule has 1 heterocycles. The van der Waals surface area contributed by atoms with Gasteiger partial charge in [-0.05, 0) is 60.2 Å². The molecule has 5 heteroatoms. The molecule has 0 atom stereocenters. The molecule has 142 valence electrons. The first-order valence-corrected chi connectivity index (χ1v) is 9.73. The summed E-state index contributed by atoms with van der Waals surface area (Å²) in [5.41, 5.74) is 4.03. The second-order valence-electron chi connectivity index (χ2n) is 6.47. The van der Waals surface area contributed by atoms with Crippen LogP contribution in [0.1, 0.15) is 15.9 Å². The van der Waals surface area contributed by atoms with Gasteiger partial charge in [-0.2, -0.15) is 0 Å². The molecule has 0 aliphatic heterocycles. The zero-order valence-corrected chi connectivity index (χ0v) is 16.8. The van der Waals surface area contributed by atoms with Gasteiger partial charge >= 0.3 is 0 Å². The third-order valence-electron chi connectivity index (χ3n) is 4.43. The van der Waals surface area contributed by atoms with Crippen molar-refractivity contribution in [1.29, 1.82) is 0 Å². The molecule has 3 nitrogen and oxygen atoms in total. The molecule has 29 heavy (non-hydrogen) atoms. The summed E-state index contributed by atoms with van der Waals surface area (Å²) < 4.78 is 0. The highest BCUT2D eigenvalue weighted by Crippen LogP contribution is 2.27. The lowest BCUT2D eigenvalue weighted by atomic mass is 10.1. The van der Waals surface area contributed by atoms with E-state index in [1.165, 1.54) is 0 Å². The number of aromatic nitrogens is 1. The Bertz CT molecular complexity index is 1220. The number of carbonyl (C=O) groups excluding carboxylic acids is 1. The van der Waals surface area contributed by atoms with Crippen molar-refractivity contribution in [2.75, 3.05) is 5.32 Å². The Morgan fingerprint density at radius 1 is 0.897 bits per heavy atom. The van der Waals surface area contributed by atoms with E-state index in [1.54, 1.807) is 36.5 Å². The lowest BCUT2D eigenvalue weighted by Gasteiger charge is -2.10. The second kappa shape index (κ2) is 8.48. The minimum absolute atomic E-state index is 0.0741. The van der Waals surface area contributed by atoms with Gasteiger partial charge in [0.1, 0.15) is 0 Å². The van der Waals surface area contributed by atoms with E-state index in [0.29, 0.717) is 15.6 Å². The average Bonchev–Trinajstić information content (AvgIpc) is 2.73. The number of nitrogens with zero attached hydrogens (tertiary/aromatic N) is 1. The van der Waals surface area contributed by atoms with Crippen LogP contribution in [0.4, 0.5) is 11.4 Å². The third-order valence-corrected chi connectivity index (χ3v) is 4.92. The van der Waals surface area contributed by atoms with Gasteiger partial charge in [0.15, 0.2) is 5.78 Å². The number of carbonyl (C=O) groups is 1. The van der Waals surface area contributed by atoms with E-state index >= 15 is 0 Å². The Morgan fingerprint density at radius 2 is 1.69 bits per heavy atom. The van der Waals surface area contributed by atoms with E-state index in [-0.39, 0.29) is 5.78 Å². The van der Waals surface area contributed by atoms with Gasteiger partial charge in [0, 0.05) is 38.6 Å². The van der Waals surface area contributed by atoms with Crippen molar-refractivity contribution in [2.24, 2.45) is 0 Å². The molecule has 0 saturated carbocycles. The topological polar surface area (TPSA) is 42.0 Å². The number of benzene rings is 3. The van der Waals surface area contributed by atoms with Gasteiger partial charge in [-0.15, -0.1) is 0 Å². The SMILES string of the molecule is O=C(/C=C/c1ccc(Cl)cc1)c1cccc(Nc2ccnc3cc(Cl)ccc23)c1. The average molecular weight is 419 g/mol. The number of halogens is 2. The molecule has 0 spiro atoms. The van der Waals surface area contributed by atoms with Crippen molar-refractivity contribution < 1.29 is 4.79 Å². The van der Waals surface area contributed by atoms with Gasteiger partial charge in [0.25, 0.3) is 0 Å². The molecule has 1 N–H and O–H groups in total. The second-order valence-corrected chi connectivity index (χ2v) is 7.35. The molecule has 4 rings (SSSR count). The van der Waals surface area contributed by atoms with Crippen molar-refractivity contribution in [3.63, 3.8) is 0 Å². The quantitative estimate of drug-likeness (QED) is 0.275. The molecule has 0 aliphatic carbocycles. The minimum atomic E-state index is -0.0741. The van der Waals surface area contributed by atoms with Crippen LogP contribution in [-0.4, -0.2) is 10.8 Å². The molecule has 1 aromatic heterocycles. The summed E-state index contributed by atoms with van der Waals surface area (Å²) in [6.07, 6.45) is 5.07. The summed E-state index contributed by atoms with van der Waals surface area (Å²) in [7, 11) is 0. The van der Waals surface area contributed by atoms with E-state index in [2.05, 4.69) is 10.3 Å². The monoisotopic (exact) mass is 418 g/mol. The maximum Gasteiger partial charge on any atom is 0.185 e. The van der Waals surface area contributed by atoms with Gasteiger partial charge in [-0.25, -0.2) is 0 Å². The number of rotatable bonds is 5. The van der Waals surface area contributed by atoms with Gasteiger partial charge < -0.3 is 5.32 Å². The van der Waals surface area contributed by atoms with Crippen LogP contribution in [0.15, 0.2) is 85.1 Å². The third kappa shape index (κ3) is 4.65. The zero-order chi connectivity index (χ0) is 20.2. The van der Waals surface area contributed by atoms with Crippen LogP contribution in [0.3, 0.4) is 0 Å². The summed E-state index contributed by atoms with van der Waals surface area (Å²) in [4.78, 5) is 16.9. The predicted octanol–water partition coefficient (Wildman–Crippen LogP) is 7.18. The van der Waals surface area contributed by atoms with Crippen molar-refractivity contribution in [2.45, 2.75) is 0 Å². The number of hydrogen-bond donors (Lipinski definition) is 1. The summed E-state index contributed by atoms with van der Waals surface area (Å²) >= 11 is 11.9. The minimum Gasteiger partial charge on any atom is -0.355 e. The Hall–Kier alpha value is -3.14. The van der Waals surface area contributed by atoms with Crippen molar-refractivity contribution >= 4 is 57.3 Å². The molecular formula is C24H16Cl2N2O. The van der Waals surface area contributed by atoms with Crippen LogP contribution in [0, 0.1) is 0 Å². The number of fused-ring (bicyclic) bond motifs is 1. The molecule has 0 saturated heterocycles. The molecule has 0 aliphatic rings. The van der Waals surface area contributed by atoms with Crippen LogP contribution in [-0.2, 0) is 0 Å². The normalized spacial score (nSPS) is 11.1. The largest absolute Gasteiger partial charge is 0.355 e. The highest BCUT2D eigenvalue weighted by atomic mass is 35.5. The predicted molar refractivity (Wildman–Crippen MR) is 121 cm³/mol. The molecule has 0 amide bonds. The molecule has 0 radical (unpaired) electrons. The van der Waals surface area contributed by atoms with E-state index in [4.69, 9.17) is 23.2 Å². The summed E-state index contributed by atoms with van der Waals surface area (Å²) in [6, 6.07) is 22.2. The number of ketones is 1. The highest BCUT2D eigenvalue weighted by Gasteiger charge is 2.06. The zero-order valence-electron chi connectivity index (χ0n) is 15.3. The fraction of sp³-hybridized carbons (Fsp3) is 0. The van der Waals surface area contributed by atoms with Crippen LogP contribution in [0.2, 0.25) is 10.0 Å². The number of allylic oxidation sites excluding steroid dienone is 1. The molecular weight excluding hydrogens is 403 g/mol.